The summed E-state index contributed by atoms with van der Waals surface area (Å²) < 4.78 is 32.7. The number of ether oxygens (including phenoxy) is 1. The molecule has 1 amide bonds. The van der Waals surface area contributed by atoms with Crippen LogP contribution in [0.2, 0.25) is 0 Å². The van der Waals surface area contributed by atoms with Crippen molar-refractivity contribution in [2.45, 2.75) is 31.6 Å². The number of sulfonamides is 1. The Bertz CT molecular complexity index is 700. The van der Waals surface area contributed by atoms with Crippen molar-refractivity contribution in [3.05, 3.63) is 29.3 Å². The molecule has 26 heavy (non-hydrogen) atoms. The highest BCUT2D eigenvalue weighted by molar-refractivity contribution is 7.89. The van der Waals surface area contributed by atoms with Crippen molar-refractivity contribution in [2.24, 2.45) is 0 Å². The Morgan fingerprint density at radius 1 is 1.15 bits per heavy atom. The molecule has 2 N–H and O–H groups in total. The molecule has 0 bridgehead atoms. The minimum atomic E-state index is -3.63. The first-order valence-corrected chi connectivity index (χ1v) is 10.6. The Morgan fingerprint density at radius 2 is 1.88 bits per heavy atom. The van der Waals surface area contributed by atoms with E-state index in [-0.39, 0.29) is 10.8 Å². The van der Waals surface area contributed by atoms with Crippen molar-refractivity contribution >= 4 is 15.9 Å². The number of carbonyl (C=O) groups excluding carboxylic acids is 1. The van der Waals surface area contributed by atoms with Crippen molar-refractivity contribution in [1.82, 2.24) is 14.9 Å². The molecule has 1 aromatic carbocycles. The van der Waals surface area contributed by atoms with E-state index >= 15 is 0 Å². The Morgan fingerprint density at radius 3 is 2.54 bits per heavy atom. The van der Waals surface area contributed by atoms with Crippen LogP contribution >= 0.6 is 0 Å². The van der Waals surface area contributed by atoms with Crippen molar-refractivity contribution in [3.8, 4) is 0 Å². The number of benzene rings is 1. The second kappa shape index (κ2) is 10.0. The lowest BCUT2D eigenvalue weighted by Crippen LogP contribution is -2.41. The zero-order valence-electron chi connectivity index (χ0n) is 15.6. The number of nitrogens with one attached hydrogen (secondary N) is 2. The van der Waals surface area contributed by atoms with E-state index in [1.807, 2.05) is 6.92 Å². The van der Waals surface area contributed by atoms with Crippen LogP contribution in [0.15, 0.2) is 23.1 Å². The number of hydrogen-bond donors (Lipinski definition) is 2. The number of aryl methyl sites for hydroxylation is 1. The predicted octanol–water partition coefficient (Wildman–Crippen LogP) is 0.999. The summed E-state index contributed by atoms with van der Waals surface area (Å²) in [4.78, 5) is 12.6. The molecule has 7 nitrogen and oxygen atoms in total. The summed E-state index contributed by atoms with van der Waals surface area (Å²) in [6.07, 6.45) is 1.62. The van der Waals surface area contributed by atoms with E-state index in [0.29, 0.717) is 51.4 Å². The zero-order valence-corrected chi connectivity index (χ0v) is 16.4. The van der Waals surface area contributed by atoms with Gasteiger partial charge < -0.3 is 15.4 Å². The van der Waals surface area contributed by atoms with Crippen LogP contribution in [0.1, 0.15) is 36.2 Å². The van der Waals surface area contributed by atoms with E-state index < -0.39 is 10.0 Å². The Kier molecular flexibility index (Phi) is 8.02. The third-order valence-corrected chi connectivity index (χ3v) is 6.29. The Hall–Kier alpha value is -1.48. The normalized spacial score (nSPS) is 15.8. The molecule has 146 valence electrons. The third-order valence-electron chi connectivity index (χ3n) is 4.31. The fourth-order valence-corrected chi connectivity index (χ4v) is 4.55. The molecule has 0 atom stereocenters. The van der Waals surface area contributed by atoms with Crippen LogP contribution in [-0.4, -0.2) is 64.6 Å². The van der Waals surface area contributed by atoms with Gasteiger partial charge in [0.05, 0.1) is 18.1 Å². The fourth-order valence-electron chi connectivity index (χ4n) is 2.82. The minimum Gasteiger partial charge on any atom is -0.379 e. The van der Waals surface area contributed by atoms with Crippen LogP contribution in [0.5, 0.6) is 0 Å². The maximum atomic E-state index is 13.0. The van der Waals surface area contributed by atoms with Gasteiger partial charge in [0.15, 0.2) is 0 Å². The van der Waals surface area contributed by atoms with E-state index in [9.17, 15) is 13.2 Å². The molecule has 0 spiro atoms. The molecule has 8 heteroatoms. The average molecular weight is 384 g/mol. The number of morpholine rings is 1. The lowest BCUT2D eigenvalue weighted by Gasteiger charge is -2.27. The molecular weight excluding hydrogens is 354 g/mol. The summed E-state index contributed by atoms with van der Waals surface area (Å²) in [6, 6.07) is 4.92. The van der Waals surface area contributed by atoms with Crippen LogP contribution < -0.4 is 10.6 Å². The number of carbonyl (C=O) groups is 1. The third kappa shape index (κ3) is 5.26. The highest BCUT2D eigenvalue weighted by atomic mass is 32.2. The summed E-state index contributed by atoms with van der Waals surface area (Å²) >= 11 is 0. The standard InChI is InChI=1S/C18H29N3O4S/c1-3-7-19-8-9-20-18(22)16-6-5-15(4-2)17(14-16)26(23,24)21-10-12-25-13-11-21/h5-6,14,19H,3-4,7-13H2,1-2H3,(H,20,22). The van der Waals surface area contributed by atoms with E-state index in [2.05, 4.69) is 17.6 Å². The first kappa shape index (κ1) is 20.8. The minimum absolute atomic E-state index is 0.221. The van der Waals surface area contributed by atoms with Gasteiger partial charge in [0.25, 0.3) is 5.91 Å². The molecule has 0 radical (unpaired) electrons. The Labute approximate surface area is 156 Å². The average Bonchev–Trinajstić information content (AvgIpc) is 2.67. The first-order chi connectivity index (χ1) is 12.5. The molecule has 0 aromatic heterocycles. The summed E-state index contributed by atoms with van der Waals surface area (Å²) in [5.41, 5.74) is 1.09. The van der Waals surface area contributed by atoms with Crippen LogP contribution in [-0.2, 0) is 21.2 Å². The Balaban J connectivity index is 2.15. The second-order valence-electron chi connectivity index (χ2n) is 6.20. The van der Waals surface area contributed by atoms with Gasteiger partial charge in [-0.15, -0.1) is 0 Å². The first-order valence-electron chi connectivity index (χ1n) is 9.20. The fraction of sp³-hybridized carbons (Fsp3) is 0.611. The summed E-state index contributed by atoms with van der Waals surface area (Å²) in [7, 11) is -3.63. The SMILES string of the molecule is CCCNCCNC(=O)c1ccc(CC)c(S(=O)(=O)N2CCOCC2)c1. The van der Waals surface area contributed by atoms with Gasteiger partial charge >= 0.3 is 0 Å². The topological polar surface area (TPSA) is 87.7 Å². The van der Waals surface area contributed by atoms with Crippen molar-refractivity contribution in [3.63, 3.8) is 0 Å². The van der Waals surface area contributed by atoms with Gasteiger partial charge in [0, 0.05) is 31.7 Å². The van der Waals surface area contributed by atoms with Crippen molar-refractivity contribution < 1.29 is 17.9 Å². The van der Waals surface area contributed by atoms with Gasteiger partial charge in [-0.05, 0) is 37.1 Å². The van der Waals surface area contributed by atoms with Gasteiger partial charge in [0.1, 0.15) is 0 Å². The maximum Gasteiger partial charge on any atom is 0.251 e. The van der Waals surface area contributed by atoms with Gasteiger partial charge in [0.2, 0.25) is 10.0 Å². The van der Waals surface area contributed by atoms with Crippen LogP contribution in [0, 0.1) is 0 Å². The van der Waals surface area contributed by atoms with E-state index in [1.165, 1.54) is 10.4 Å². The highest BCUT2D eigenvalue weighted by Crippen LogP contribution is 2.23. The summed E-state index contributed by atoms with van der Waals surface area (Å²) in [6.45, 7) is 7.55. The molecular formula is C18H29N3O4S. The number of rotatable bonds is 9. The lowest BCUT2D eigenvalue weighted by atomic mass is 10.1. The molecule has 1 fully saturated rings. The predicted molar refractivity (Wildman–Crippen MR) is 101 cm³/mol. The van der Waals surface area contributed by atoms with Crippen LogP contribution in [0.3, 0.4) is 0 Å². The van der Waals surface area contributed by atoms with Gasteiger partial charge in [-0.2, -0.15) is 4.31 Å². The quantitative estimate of drug-likeness (QED) is 0.621. The zero-order chi connectivity index (χ0) is 19.0. The van der Waals surface area contributed by atoms with Crippen LogP contribution in [0.25, 0.3) is 0 Å². The molecule has 1 aromatic rings. The molecule has 0 aliphatic carbocycles. The van der Waals surface area contributed by atoms with E-state index in [1.54, 1.807) is 12.1 Å². The van der Waals surface area contributed by atoms with Gasteiger partial charge in [-0.3, -0.25) is 4.79 Å². The van der Waals surface area contributed by atoms with Crippen LogP contribution in [0.4, 0.5) is 0 Å². The largest absolute Gasteiger partial charge is 0.379 e. The van der Waals surface area contributed by atoms with E-state index in [0.717, 1.165) is 18.5 Å². The highest BCUT2D eigenvalue weighted by Gasteiger charge is 2.28. The molecule has 0 saturated carbocycles. The van der Waals surface area contributed by atoms with E-state index in [4.69, 9.17) is 4.74 Å². The number of hydrogen-bond acceptors (Lipinski definition) is 5. The smallest absolute Gasteiger partial charge is 0.251 e. The number of amides is 1. The lowest BCUT2D eigenvalue weighted by molar-refractivity contribution is 0.0730. The van der Waals surface area contributed by atoms with Gasteiger partial charge in [-0.25, -0.2) is 8.42 Å². The maximum absolute atomic E-state index is 13.0. The van der Waals surface area contributed by atoms with Crippen molar-refractivity contribution in [2.75, 3.05) is 45.9 Å². The molecule has 2 rings (SSSR count). The second-order valence-corrected chi connectivity index (χ2v) is 8.10. The summed E-state index contributed by atoms with van der Waals surface area (Å²) in [5, 5.41) is 6.03. The number of nitrogens with zero attached hydrogens (tertiary/aromatic N) is 1. The molecule has 1 saturated heterocycles. The molecule has 1 aliphatic heterocycles. The summed E-state index contributed by atoms with van der Waals surface area (Å²) in [5.74, 6) is -0.260. The molecule has 1 heterocycles. The molecule has 0 unspecified atom stereocenters. The van der Waals surface area contributed by atoms with Crippen molar-refractivity contribution in [1.29, 1.82) is 0 Å². The molecule has 1 aliphatic rings. The van der Waals surface area contributed by atoms with Gasteiger partial charge in [-0.1, -0.05) is 19.9 Å². The monoisotopic (exact) mass is 383 g/mol.